The van der Waals surface area contributed by atoms with Gasteiger partial charge in [0, 0.05) is 70.9 Å². The van der Waals surface area contributed by atoms with E-state index in [4.69, 9.17) is 49.8 Å². The highest BCUT2D eigenvalue weighted by molar-refractivity contribution is 6.29. The number of nitrogens with zero attached hydrogens (tertiary/aromatic N) is 10. The van der Waals surface area contributed by atoms with Gasteiger partial charge in [0.05, 0.1) is 41.0 Å². The molecule has 0 saturated heterocycles. The molecule has 9 rings (SSSR count). The van der Waals surface area contributed by atoms with Crippen molar-refractivity contribution in [2.45, 2.75) is 41.5 Å². The summed E-state index contributed by atoms with van der Waals surface area (Å²) in [4.78, 5) is 46.9. The molecule has 0 fully saturated rings. The average Bonchev–Trinajstić information content (AvgIpc) is 3.41. The van der Waals surface area contributed by atoms with Crippen LogP contribution in [0.5, 0.6) is 0 Å². The van der Waals surface area contributed by atoms with Gasteiger partial charge in [0.2, 0.25) is 29.7 Å². The van der Waals surface area contributed by atoms with Crippen LogP contribution in [0, 0.1) is 86.9 Å². The molecule has 9 aromatic rings. The molecule has 0 atom stereocenters. The normalized spacial score (nSPS) is 10.3. The van der Waals surface area contributed by atoms with Crippen molar-refractivity contribution < 1.29 is 9.59 Å². The lowest BCUT2D eigenvalue weighted by molar-refractivity contribution is -0.114. The second kappa shape index (κ2) is 31.8. The molecule has 0 radical (unpaired) electrons. The van der Waals surface area contributed by atoms with Crippen molar-refractivity contribution in [2.75, 3.05) is 32.3 Å². The smallest absolute Gasteiger partial charge is 0.241 e. The minimum absolute atomic E-state index is 0.381. The molecule has 2 amide bonds. The van der Waals surface area contributed by atoms with Gasteiger partial charge in [0.15, 0.2) is 0 Å². The zero-order valence-corrected chi connectivity index (χ0v) is 49.0. The lowest BCUT2D eigenvalue weighted by Gasteiger charge is -2.14. The molecule has 0 aliphatic heterocycles. The van der Waals surface area contributed by atoms with Crippen LogP contribution in [0.2, 0.25) is 5.15 Å². The summed E-state index contributed by atoms with van der Waals surface area (Å²) >= 11 is 5.72. The van der Waals surface area contributed by atoms with Gasteiger partial charge in [-0.2, -0.15) is 31.0 Å². The highest BCUT2D eigenvalue weighted by atomic mass is 35.5. The number of amides is 2. The maximum absolute atomic E-state index is 10.9. The van der Waals surface area contributed by atoms with Crippen molar-refractivity contribution in [1.82, 2.24) is 29.9 Å². The first-order chi connectivity index (χ1) is 41.8. The Labute approximate surface area is 509 Å². The zero-order valence-electron chi connectivity index (χ0n) is 48.2. The van der Waals surface area contributed by atoms with E-state index in [1.807, 2.05) is 102 Å². The molecule has 0 bridgehead atoms. The van der Waals surface area contributed by atoms with Crippen LogP contribution in [-0.2, 0) is 9.59 Å². The number of aromatic nitrogens is 6. The Hall–Kier alpha value is -12.2. The molecule has 0 spiro atoms. The second-order valence-corrected chi connectivity index (χ2v) is 19.4. The molecule has 3 heterocycles. The number of nitrogen functional groups attached to an aromatic ring is 1. The number of hydrogen-bond acceptors (Lipinski definition) is 18. The molecule has 0 saturated carbocycles. The largest absolute Gasteiger partial charge is 0.398 e. The number of rotatable bonds is 15. The number of halogens is 1. The summed E-state index contributed by atoms with van der Waals surface area (Å²) in [5.74, 6) is 1.70. The number of allylic oxidation sites excluding steroid dienone is 1. The number of primary amides is 2. The van der Waals surface area contributed by atoms with Gasteiger partial charge < -0.3 is 43.8 Å². The second-order valence-electron chi connectivity index (χ2n) is 19.0. The minimum atomic E-state index is -0.481. The van der Waals surface area contributed by atoms with Gasteiger partial charge >= 0.3 is 0 Å². The van der Waals surface area contributed by atoms with E-state index < -0.39 is 11.8 Å². The summed E-state index contributed by atoms with van der Waals surface area (Å²) in [5, 5.41) is 51.4. The lowest BCUT2D eigenvalue weighted by Crippen LogP contribution is -2.05. The summed E-state index contributed by atoms with van der Waals surface area (Å²) < 4.78 is 0. The molecule has 432 valence electrons. The maximum Gasteiger partial charge on any atom is 0.241 e. The SMILES string of the molecule is Cc1cc(/C=C/C#N)cc(C)c1Nc1ccnc(Nc2ccc(C#N)cc2)n1.Cc1cc(/C=C/C(N)=O)cc(C)c1Nc1ccnc(Nc2ccc(C#N)cc2)n1.Cc1cc(C=CC(N)=O)cc(C)c1N.N#Cc1ccc(Nc2nccc(Cl)n2)cc1. The van der Waals surface area contributed by atoms with Gasteiger partial charge in [0.25, 0.3) is 0 Å². The number of nitrogens with two attached hydrogens (primary N) is 3. The van der Waals surface area contributed by atoms with E-state index in [9.17, 15) is 9.59 Å². The molecule has 20 nitrogen and oxygen atoms in total. The molecule has 11 N–H and O–H groups in total. The summed E-state index contributed by atoms with van der Waals surface area (Å²) in [6.45, 7) is 11.8. The quantitative estimate of drug-likeness (QED) is 0.0205. The summed E-state index contributed by atoms with van der Waals surface area (Å²) in [5.41, 5.74) is 31.8. The van der Waals surface area contributed by atoms with Crippen LogP contribution in [0.1, 0.15) is 66.8 Å². The predicted molar refractivity (Wildman–Crippen MR) is 344 cm³/mol. The summed E-state index contributed by atoms with van der Waals surface area (Å²) in [6, 6.07) is 46.3. The van der Waals surface area contributed by atoms with Gasteiger partial charge in [0.1, 0.15) is 16.8 Å². The van der Waals surface area contributed by atoms with Crippen molar-refractivity contribution in [3.8, 4) is 24.3 Å². The minimum Gasteiger partial charge on any atom is -0.398 e. The molecule has 6 aromatic carbocycles. The van der Waals surface area contributed by atoms with Gasteiger partial charge in [-0.25, -0.2) is 19.9 Å². The van der Waals surface area contributed by atoms with E-state index in [0.717, 1.165) is 84.2 Å². The first kappa shape index (κ1) is 63.9. The van der Waals surface area contributed by atoms with Gasteiger partial charge in [-0.15, -0.1) is 0 Å². The van der Waals surface area contributed by atoms with Gasteiger partial charge in [-0.1, -0.05) is 11.6 Å². The Morgan fingerprint density at radius 1 is 0.448 bits per heavy atom. The zero-order chi connectivity index (χ0) is 62.8. The van der Waals surface area contributed by atoms with Gasteiger partial charge in [-0.3, -0.25) is 9.59 Å². The molecule has 0 aliphatic rings. The van der Waals surface area contributed by atoms with Crippen LogP contribution in [0.3, 0.4) is 0 Å². The predicted octanol–water partition coefficient (Wildman–Crippen LogP) is 13.1. The van der Waals surface area contributed by atoms with Crippen molar-refractivity contribution >= 4 is 105 Å². The van der Waals surface area contributed by atoms with Crippen LogP contribution < -0.4 is 43.8 Å². The fraction of sp³-hybridized carbons (Fsp3) is 0.0909. The maximum atomic E-state index is 10.9. The Morgan fingerprint density at radius 3 is 1.09 bits per heavy atom. The molecular weight excluding hydrogens is 1110 g/mol. The highest BCUT2D eigenvalue weighted by Gasteiger charge is 2.10. The van der Waals surface area contributed by atoms with Crippen LogP contribution in [0.15, 0.2) is 164 Å². The fourth-order valence-electron chi connectivity index (χ4n) is 8.08. The Kier molecular flexibility index (Phi) is 23.4. The molecule has 0 aliphatic carbocycles. The average molecular weight is 1170 g/mol. The standard InChI is InChI=1S/C22H20N6O.C22H18N6.C11H7ClN4.C11H14N2O/c1-14-11-17(5-8-19(24)29)12-15(2)21(14)27-20-9-10-25-22(28-20)26-18-6-3-16(13-23)4-7-18;1-15-12-18(4-3-10-23)13-16(2)21(15)27-20-9-11-25-22(28-20)26-19-7-5-17(14-24)6-8-19;12-10-5-6-14-11(16-10)15-9-3-1-8(7-13)2-4-9;1-7-5-9(3-4-10(12)14)6-8(2)11(7)13/h3-12H,1-2H3,(H2,24,29)(H2,25,26,27,28);3-9,11-13H,1-2H3,(H2,25,26,27,28);1-6H,(H,14,15,16);3-6H,13H2,1-2H3,(H2,12,14)/b8-5+;4-3+;;. The monoisotopic (exact) mass is 1170 g/mol. The number of nitriles is 4. The van der Waals surface area contributed by atoms with Crippen molar-refractivity contribution in [2.24, 2.45) is 11.5 Å². The highest BCUT2D eigenvalue weighted by Crippen LogP contribution is 2.29. The van der Waals surface area contributed by atoms with Crippen LogP contribution in [0.4, 0.5) is 63.6 Å². The third kappa shape index (κ3) is 20.6. The number of nitrogens with one attached hydrogen (secondary N) is 5. The number of hydrogen-bond donors (Lipinski definition) is 8. The molecule has 3 aromatic heterocycles. The molecule has 87 heavy (non-hydrogen) atoms. The van der Waals surface area contributed by atoms with E-state index in [1.54, 1.807) is 116 Å². The number of carbonyl (C=O) groups is 2. The lowest BCUT2D eigenvalue weighted by atomic mass is 10.0. The number of anilines is 11. The third-order valence-electron chi connectivity index (χ3n) is 12.2. The van der Waals surface area contributed by atoms with Crippen LogP contribution >= 0.6 is 11.6 Å². The van der Waals surface area contributed by atoms with Crippen molar-refractivity contribution in [3.63, 3.8) is 0 Å². The van der Waals surface area contributed by atoms with Crippen molar-refractivity contribution in [1.29, 1.82) is 21.0 Å². The molecule has 0 unspecified atom stereocenters. The van der Waals surface area contributed by atoms with E-state index in [0.29, 0.717) is 51.3 Å². The van der Waals surface area contributed by atoms with E-state index >= 15 is 0 Å². The van der Waals surface area contributed by atoms with E-state index in [1.165, 1.54) is 18.2 Å². The van der Waals surface area contributed by atoms with Crippen LogP contribution in [0.25, 0.3) is 18.2 Å². The Balaban J connectivity index is 0.000000194. The van der Waals surface area contributed by atoms with E-state index in [-0.39, 0.29) is 0 Å². The number of carbonyl (C=O) groups excluding carboxylic acids is 2. The Bertz CT molecular complexity index is 4110. The third-order valence-corrected chi connectivity index (χ3v) is 12.4. The van der Waals surface area contributed by atoms with Crippen molar-refractivity contribution in [3.05, 3.63) is 236 Å². The first-order valence-corrected chi connectivity index (χ1v) is 26.8. The van der Waals surface area contributed by atoms with E-state index in [2.05, 4.69) is 68.6 Å². The number of aryl methyl sites for hydroxylation is 6. The first-order valence-electron chi connectivity index (χ1n) is 26.4. The fourth-order valence-corrected chi connectivity index (χ4v) is 8.21. The topological polar surface area (TPSA) is 345 Å². The summed E-state index contributed by atoms with van der Waals surface area (Å²) in [6.07, 6.45) is 14.2. The van der Waals surface area contributed by atoms with Gasteiger partial charge in [-0.05, 0) is 237 Å². The number of benzene rings is 6. The molecular formula is C66H59ClN18O2. The summed E-state index contributed by atoms with van der Waals surface area (Å²) in [7, 11) is 0. The Morgan fingerprint density at radius 2 is 0.770 bits per heavy atom. The molecule has 21 heteroatoms. The van der Waals surface area contributed by atoms with Crippen LogP contribution in [-0.4, -0.2) is 41.7 Å².